The van der Waals surface area contributed by atoms with Crippen LogP contribution in [0, 0.1) is 5.82 Å². The zero-order valence-corrected chi connectivity index (χ0v) is 9.32. The third kappa shape index (κ3) is 1.65. The average Bonchev–Trinajstić information content (AvgIpc) is 2.50. The largest absolute Gasteiger partial charge is 0.396 e. The van der Waals surface area contributed by atoms with Gasteiger partial charge < -0.3 is 0 Å². The first-order valence-corrected chi connectivity index (χ1v) is 5.19. The highest BCUT2D eigenvalue weighted by molar-refractivity contribution is 9.10. The maximum atomic E-state index is 13.6. The highest BCUT2D eigenvalue weighted by atomic mass is 79.9. The van der Waals surface area contributed by atoms with Crippen molar-refractivity contribution in [1.82, 2.24) is 0 Å². The second kappa shape index (κ2) is 3.55. The molecule has 0 N–H and O–H groups in total. The van der Waals surface area contributed by atoms with E-state index >= 15 is 0 Å². The summed E-state index contributed by atoms with van der Waals surface area (Å²) in [5, 5.41) is 0. The van der Waals surface area contributed by atoms with Crippen LogP contribution in [0.25, 0.3) is 0 Å². The SMILES string of the molecule is O=C1CC(C(F)(F)F)c2c1ccc(Br)c2F. The predicted molar refractivity (Wildman–Crippen MR) is 51.8 cm³/mol. The summed E-state index contributed by atoms with van der Waals surface area (Å²) in [5.74, 6) is -3.68. The Morgan fingerprint density at radius 2 is 1.94 bits per heavy atom. The Bertz CT molecular complexity index is 467. The molecule has 0 saturated carbocycles. The van der Waals surface area contributed by atoms with E-state index in [0.717, 1.165) is 0 Å². The summed E-state index contributed by atoms with van der Waals surface area (Å²) in [5.41, 5.74) is -0.699. The summed E-state index contributed by atoms with van der Waals surface area (Å²) in [4.78, 5) is 11.3. The van der Waals surface area contributed by atoms with Gasteiger partial charge in [0.05, 0.1) is 10.4 Å². The number of halogens is 5. The highest BCUT2D eigenvalue weighted by Gasteiger charge is 2.49. The molecule has 1 unspecified atom stereocenters. The molecule has 6 heteroatoms. The smallest absolute Gasteiger partial charge is 0.294 e. The Morgan fingerprint density at radius 1 is 1.31 bits per heavy atom. The van der Waals surface area contributed by atoms with Crippen molar-refractivity contribution in [2.45, 2.75) is 18.5 Å². The fourth-order valence-corrected chi connectivity index (χ4v) is 2.17. The summed E-state index contributed by atoms with van der Waals surface area (Å²) < 4.78 is 51.3. The van der Waals surface area contributed by atoms with Gasteiger partial charge >= 0.3 is 6.18 Å². The lowest BCUT2D eigenvalue weighted by molar-refractivity contribution is -0.149. The van der Waals surface area contributed by atoms with Crippen LogP contribution < -0.4 is 0 Å². The molecule has 0 bridgehead atoms. The second-order valence-electron chi connectivity index (χ2n) is 3.54. The van der Waals surface area contributed by atoms with Crippen LogP contribution in [-0.2, 0) is 0 Å². The molecule has 0 radical (unpaired) electrons. The van der Waals surface area contributed by atoms with Crippen LogP contribution in [0.3, 0.4) is 0 Å². The van der Waals surface area contributed by atoms with Gasteiger partial charge in [-0.2, -0.15) is 13.2 Å². The third-order valence-electron chi connectivity index (χ3n) is 2.57. The number of fused-ring (bicyclic) bond motifs is 1. The standard InChI is InChI=1S/C10H5BrF4O/c11-6-2-1-4-7(16)3-5(10(13,14)15)8(4)9(6)12/h1-2,5H,3H2. The van der Waals surface area contributed by atoms with Gasteiger partial charge in [0, 0.05) is 17.5 Å². The van der Waals surface area contributed by atoms with E-state index in [0.29, 0.717) is 0 Å². The highest BCUT2D eigenvalue weighted by Crippen LogP contribution is 2.46. The van der Waals surface area contributed by atoms with Crippen molar-refractivity contribution >= 4 is 21.7 Å². The predicted octanol–water partition coefficient (Wildman–Crippen LogP) is 3.82. The van der Waals surface area contributed by atoms with E-state index in [9.17, 15) is 22.4 Å². The van der Waals surface area contributed by atoms with E-state index in [1.807, 2.05) is 0 Å². The normalized spacial score (nSPS) is 20.1. The fourth-order valence-electron chi connectivity index (χ4n) is 1.83. The van der Waals surface area contributed by atoms with Crippen molar-refractivity contribution in [1.29, 1.82) is 0 Å². The topological polar surface area (TPSA) is 17.1 Å². The van der Waals surface area contributed by atoms with Gasteiger partial charge in [-0.15, -0.1) is 0 Å². The number of benzene rings is 1. The molecule has 0 fully saturated rings. The molecule has 0 aliphatic heterocycles. The van der Waals surface area contributed by atoms with Crippen molar-refractivity contribution in [2.24, 2.45) is 0 Å². The first-order valence-electron chi connectivity index (χ1n) is 4.40. The van der Waals surface area contributed by atoms with E-state index < -0.39 is 35.7 Å². The van der Waals surface area contributed by atoms with Gasteiger partial charge in [0.1, 0.15) is 5.82 Å². The number of ketones is 1. The molecule has 0 saturated heterocycles. The number of carbonyl (C=O) groups is 1. The van der Waals surface area contributed by atoms with Crippen LogP contribution in [0.1, 0.15) is 28.3 Å². The summed E-state index contributed by atoms with van der Waals surface area (Å²) in [6.45, 7) is 0. The molecule has 0 spiro atoms. The van der Waals surface area contributed by atoms with E-state index in [1.165, 1.54) is 12.1 Å². The van der Waals surface area contributed by atoms with Gasteiger partial charge in [0.15, 0.2) is 5.78 Å². The summed E-state index contributed by atoms with van der Waals surface area (Å²) in [7, 11) is 0. The minimum Gasteiger partial charge on any atom is -0.294 e. The van der Waals surface area contributed by atoms with Crippen LogP contribution in [0.15, 0.2) is 16.6 Å². The molecule has 0 aromatic heterocycles. The summed E-state index contributed by atoms with van der Waals surface area (Å²) in [6, 6.07) is 2.46. The Labute approximate surface area is 96.6 Å². The van der Waals surface area contributed by atoms with Crippen molar-refractivity contribution in [2.75, 3.05) is 0 Å². The lowest BCUT2D eigenvalue weighted by Crippen LogP contribution is -2.19. The number of alkyl halides is 3. The van der Waals surface area contributed by atoms with Crippen molar-refractivity contribution in [3.05, 3.63) is 33.5 Å². The monoisotopic (exact) mass is 296 g/mol. The summed E-state index contributed by atoms with van der Waals surface area (Å²) >= 11 is 2.81. The molecular formula is C10H5BrF4O. The molecule has 1 aliphatic rings. The average molecular weight is 297 g/mol. The van der Waals surface area contributed by atoms with E-state index in [1.54, 1.807) is 0 Å². The van der Waals surface area contributed by atoms with Gasteiger partial charge in [-0.3, -0.25) is 4.79 Å². The lowest BCUT2D eigenvalue weighted by Gasteiger charge is -2.15. The van der Waals surface area contributed by atoms with Gasteiger partial charge in [-0.1, -0.05) is 0 Å². The zero-order chi connectivity index (χ0) is 12.1. The van der Waals surface area contributed by atoms with E-state index in [4.69, 9.17) is 0 Å². The zero-order valence-electron chi connectivity index (χ0n) is 7.74. The van der Waals surface area contributed by atoms with Crippen LogP contribution >= 0.6 is 15.9 Å². The Balaban J connectivity index is 2.64. The maximum Gasteiger partial charge on any atom is 0.396 e. The van der Waals surface area contributed by atoms with Crippen LogP contribution in [0.5, 0.6) is 0 Å². The van der Waals surface area contributed by atoms with E-state index in [2.05, 4.69) is 15.9 Å². The van der Waals surface area contributed by atoms with Crippen LogP contribution in [-0.4, -0.2) is 12.0 Å². The molecule has 1 aromatic carbocycles. The summed E-state index contributed by atoms with van der Waals surface area (Å²) in [6.07, 6.45) is -5.30. The molecule has 1 aromatic rings. The number of hydrogen-bond acceptors (Lipinski definition) is 1. The Hall–Kier alpha value is -0.910. The number of Topliss-reactive ketones (excluding diaryl/α,β-unsaturated/α-hetero) is 1. The molecule has 1 atom stereocenters. The maximum absolute atomic E-state index is 13.6. The molecule has 1 nitrogen and oxygen atoms in total. The third-order valence-corrected chi connectivity index (χ3v) is 3.18. The quantitative estimate of drug-likeness (QED) is 0.665. The number of carbonyl (C=O) groups excluding carboxylic acids is 1. The molecular weight excluding hydrogens is 292 g/mol. The van der Waals surface area contributed by atoms with Crippen molar-refractivity contribution in [3.63, 3.8) is 0 Å². The number of hydrogen-bond donors (Lipinski definition) is 0. The van der Waals surface area contributed by atoms with Gasteiger partial charge in [0.2, 0.25) is 0 Å². The molecule has 2 rings (SSSR count). The van der Waals surface area contributed by atoms with Crippen molar-refractivity contribution in [3.8, 4) is 0 Å². The molecule has 1 aliphatic carbocycles. The first-order chi connectivity index (χ1) is 7.32. The molecule has 86 valence electrons. The minimum atomic E-state index is -4.59. The Kier molecular flexibility index (Phi) is 2.57. The van der Waals surface area contributed by atoms with Gasteiger partial charge in [-0.05, 0) is 28.1 Å². The molecule has 0 heterocycles. The Morgan fingerprint density at radius 3 is 2.50 bits per heavy atom. The second-order valence-corrected chi connectivity index (χ2v) is 4.40. The van der Waals surface area contributed by atoms with Crippen LogP contribution in [0.2, 0.25) is 0 Å². The van der Waals surface area contributed by atoms with E-state index in [-0.39, 0.29) is 10.0 Å². The van der Waals surface area contributed by atoms with Gasteiger partial charge in [-0.25, -0.2) is 4.39 Å². The van der Waals surface area contributed by atoms with Gasteiger partial charge in [0.25, 0.3) is 0 Å². The lowest BCUT2D eigenvalue weighted by atomic mass is 10.0. The number of rotatable bonds is 0. The van der Waals surface area contributed by atoms with Crippen molar-refractivity contribution < 1.29 is 22.4 Å². The van der Waals surface area contributed by atoms with Crippen LogP contribution in [0.4, 0.5) is 17.6 Å². The molecule has 16 heavy (non-hydrogen) atoms. The first kappa shape index (κ1) is 11.6. The minimum absolute atomic E-state index is 0.0600. The molecule has 0 amide bonds. The fraction of sp³-hybridized carbons (Fsp3) is 0.300.